The molecule has 0 saturated heterocycles. The first-order valence-electron chi connectivity index (χ1n) is 6.00. The lowest BCUT2D eigenvalue weighted by atomic mass is 10.0. The van der Waals surface area contributed by atoms with Gasteiger partial charge < -0.3 is 5.32 Å². The maximum atomic E-state index is 3.44. The van der Waals surface area contributed by atoms with Gasteiger partial charge in [0.1, 0.15) is 0 Å². The van der Waals surface area contributed by atoms with Gasteiger partial charge in [-0.3, -0.25) is 0 Å². The van der Waals surface area contributed by atoms with Crippen LogP contribution in [0.5, 0.6) is 0 Å². The van der Waals surface area contributed by atoms with E-state index in [-0.39, 0.29) is 0 Å². The fourth-order valence-corrected chi connectivity index (χ4v) is 2.21. The number of benzene rings is 1. The van der Waals surface area contributed by atoms with Gasteiger partial charge >= 0.3 is 0 Å². The predicted molar refractivity (Wildman–Crippen MR) is 65.3 cm³/mol. The lowest BCUT2D eigenvalue weighted by Gasteiger charge is -2.05. The minimum Gasteiger partial charge on any atom is -0.317 e. The van der Waals surface area contributed by atoms with E-state index < -0.39 is 0 Å². The standard InChI is InChI=1S/C14H21N/c1-4-15-9-13-8-14(13)12-6-5-10(2)11(3)7-12/h5-7,13-15H,4,8-9H2,1-3H3. The third-order valence-electron chi connectivity index (χ3n) is 3.54. The van der Waals surface area contributed by atoms with Gasteiger partial charge in [-0.1, -0.05) is 25.1 Å². The number of hydrogen-bond donors (Lipinski definition) is 1. The Morgan fingerprint density at radius 2 is 2.07 bits per heavy atom. The van der Waals surface area contributed by atoms with Gasteiger partial charge in [0.05, 0.1) is 0 Å². The summed E-state index contributed by atoms with van der Waals surface area (Å²) in [5.41, 5.74) is 4.38. The molecule has 1 aromatic carbocycles. The van der Waals surface area contributed by atoms with Crippen LogP contribution in [0.2, 0.25) is 0 Å². The lowest BCUT2D eigenvalue weighted by Crippen LogP contribution is -2.16. The van der Waals surface area contributed by atoms with Crippen LogP contribution in [0.25, 0.3) is 0 Å². The van der Waals surface area contributed by atoms with Crippen LogP contribution >= 0.6 is 0 Å². The zero-order valence-corrected chi connectivity index (χ0v) is 10.0. The summed E-state index contributed by atoms with van der Waals surface area (Å²) in [6.07, 6.45) is 1.37. The van der Waals surface area contributed by atoms with Gasteiger partial charge in [0.2, 0.25) is 0 Å². The maximum absolute atomic E-state index is 3.44. The zero-order chi connectivity index (χ0) is 10.8. The van der Waals surface area contributed by atoms with Gasteiger partial charge in [0.15, 0.2) is 0 Å². The van der Waals surface area contributed by atoms with Gasteiger partial charge in [0, 0.05) is 0 Å². The van der Waals surface area contributed by atoms with E-state index in [9.17, 15) is 0 Å². The molecular formula is C14H21N. The topological polar surface area (TPSA) is 12.0 Å². The number of rotatable bonds is 4. The third kappa shape index (κ3) is 2.40. The molecular weight excluding hydrogens is 182 g/mol. The van der Waals surface area contributed by atoms with Crippen molar-refractivity contribution in [2.24, 2.45) is 5.92 Å². The van der Waals surface area contributed by atoms with Crippen LogP contribution in [0.4, 0.5) is 0 Å². The Morgan fingerprint density at radius 3 is 2.73 bits per heavy atom. The highest BCUT2D eigenvalue weighted by molar-refractivity contribution is 5.34. The Morgan fingerprint density at radius 1 is 1.27 bits per heavy atom. The Kier molecular flexibility index (Phi) is 3.11. The first-order chi connectivity index (χ1) is 7.22. The largest absolute Gasteiger partial charge is 0.317 e. The molecule has 0 aromatic heterocycles. The van der Waals surface area contributed by atoms with Crippen LogP contribution in [0.3, 0.4) is 0 Å². The van der Waals surface area contributed by atoms with Crippen molar-refractivity contribution < 1.29 is 0 Å². The van der Waals surface area contributed by atoms with E-state index in [4.69, 9.17) is 0 Å². The highest BCUT2D eigenvalue weighted by Crippen LogP contribution is 2.47. The van der Waals surface area contributed by atoms with Crippen LogP contribution in [-0.4, -0.2) is 13.1 Å². The predicted octanol–water partition coefficient (Wildman–Crippen LogP) is 3.02. The second-order valence-electron chi connectivity index (χ2n) is 4.75. The van der Waals surface area contributed by atoms with Crippen molar-refractivity contribution in [2.45, 2.75) is 33.1 Å². The van der Waals surface area contributed by atoms with Gasteiger partial charge in [0.25, 0.3) is 0 Å². The molecule has 82 valence electrons. The van der Waals surface area contributed by atoms with Crippen molar-refractivity contribution in [2.75, 3.05) is 13.1 Å². The van der Waals surface area contributed by atoms with Crippen molar-refractivity contribution in [1.29, 1.82) is 0 Å². The van der Waals surface area contributed by atoms with E-state index in [0.717, 1.165) is 18.4 Å². The van der Waals surface area contributed by atoms with Gasteiger partial charge in [-0.05, 0) is 61.9 Å². The first kappa shape index (κ1) is 10.7. The smallest absolute Gasteiger partial charge is 0.00146 e. The minimum atomic E-state index is 0.823. The van der Waals surface area contributed by atoms with Crippen molar-refractivity contribution >= 4 is 0 Å². The average molecular weight is 203 g/mol. The van der Waals surface area contributed by atoms with Crippen LogP contribution in [-0.2, 0) is 0 Å². The molecule has 2 atom stereocenters. The molecule has 2 unspecified atom stereocenters. The highest BCUT2D eigenvalue weighted by Gasteiger charge is 2.37. The minimum absolute atomic E-state index is 0.823. The fourth-order valence-electron chi connectivity index (χ4n) is 2.21. The molecule has 2 rings (SSSR count). The molecule has 1 aliphatic carbocycles. The van der Waals surface area contributed by atoms with Crippen molar-refractivity contribution in [1.82, 2.24) is 5.32 Å². The molecule has 0 spiro atoms. The fraction of sp³-hybridized carbons (Fsp3) is 0.571. The van der Waals surface area contributed by atoms with Crippen molar-refractivity contribution in [3.05, 3.63) is 34.9 Å². The van der Waals surface area contributed by atoms with Crippen LogP contribution in [0, 0.1) is 19.8 Å². The van der Waals surface area contributed by atoms with E-state index in [1.54, 1.807) is 5.56 Å². The lowest BCUT2D eigenvalue weighted by molar-refractivity contribution is 0.649. The molecule has 1 aromatic rings. The van der Waals surface area contributed by atoms with E-state index in [2.05, 4.69) is 44.3 Å². The Hall–Kier alpha value is -0.820. The summed E-state index contributed by atoms with van der Waals surface area (Å²) in [7, 11) is 0. The molecule has 1 N–H and O–H groups in total. The normalized spacial score (nSPS) is 24.2. The molecule has 0 bridgehead atoms. The second-order valence-corrected chi connectivity index (χ2v) is 4.75. The summed E-state index contributed by atoms with van der Waals surface area (Å²) in [6.45, 7) is 8.85. The molecule has 1 fully saturated rings. The van der Waals surface area contributed by atoms with Crippen molar-refractivity contribution in [3.63, 3.8) is 0 Å². The van der Waals surface area contributed by atoms with E-state index in [1.807, 2.05) is 0 Å². The monoisotopic (exact) mass is 203 g/mol. The van der Waals surface area contributed by atoms with E-state index >= 15 is 0 Å². The van der Waals surface area contributed by atoms with Gasteiger partial charge in [-0.25, -0.2) is 0 Å². The molecule has 0 aliphatic heterocycles. The summed E-state index contributed by atoms with van der Waals surface area (Å²) < 4.78 is 0. The SMILES string of the molecule is CCNCC1CC1c1ccc(C)c(C)c1. The number of hydrogen-bond acceptors (Lipinski definition) is 1. The van der Waals surface area contributed by atoms with Crippen LogP contribution in [0.1, 0.15) is 36.0 Å². The zero-order valence-electron chi connectivity index (χ0n) is 10.0. The van der Waals surface area contributed by atoms with Crippen molar-refractivity contribution in [3.8, 4) is 0 Å². The molecule has 1 nitrogen and oxygen atoms in total. The average Bonchev–Trinajstić information content (AvgIpc) is 2.98. The third-order valence-corrected chi connectivity index (χ3v) is 3.54. The van der Waals surface area contributed by atoms with Crippen LogP contribution < -0.4 is 5.32 Å². The molecule has 0 amide bonds. The quantitative estimate of drug-likeness (QED) is 0.793. The van der Waals surface area contributed by atoms with Gasteiger partial charge in [-0.2, -0.15) is 0 Å². The Balaban J connectivity index is 1.98. The summed E-state index contributed by atoms with van der Waals surface area (Å²) >= 11 is 0. The summed E-state index contributed by atoms with van der Waals surface area (Å²) in [5.74, 6) is 1.70. The summed E-state index contributed by atoms with van der Waals surface area (Å²) in [4.78, 5) is 0. The molecule has 1 saturated carbocycles. The number of aryl methyl sites for hydroxylation is 2. The second kappa shape index (κ2) is 4.36. The molecule has 0 heterocycles. The first-order valence-corrected chi connectivity index (χ1v) is 6.00. The Bertz CT molecular complexity index is 343. The van der Waals surface area contributed by atoms with E-state index in [1.165, 1.54) is 24.1 Å². The summed E-state index contributed by atoms with van der Waals surface area (Å²) in [6, 6.07) is 6.93. The molecule has 15 heavy (non-hydrogen) atoms. The highest BCUT2D eigenvalue weighted by atomic mass is 14.9. The Labute approximate surface area is 92.9 Å². The van der Waals surface area contributed by atoms with Gasteiger partial charge in [-0.15, -0.1) is 0 Å². The molecule has 1 aliphatic rings. The molecule has 0 radical (unpaired) electrons. The number of nitrogens with one attached hydrogen (secondary N) is 1. The van der Waals surface area contributed by atoms with E-state index in [0.29, 0.717) is 0 Å². The van der Waals surface area contributed by atoms with Crippen LogP contribution in [0.15, 0.2) is 18.2 Å². The summed E-state index contributed by atoms with van der Waals surface area (Å²) in [5, 5.41) is 3.44. The maximum Gasteiger partial charge on any atom is -0.00146 e. The molecule has 1 heteroatoms.